The number of carbonyl (C=O) groups is 1. The van der Waals surface area contributed by atoms with E-state index < -0.39 is 0 Å². The first kappa shape index (κ1) is 19.0. The maximum absolute atomic E-state index is 13.4. The van der Waals surface area contributed by atoms with Crippen LogP contribution in [0.5, 0.6) is 0 Å². The molecule has 1 amide bonds. The predicted octanol–water partition coefficient (Wildman–Crippen LogP) is 3.16. The number of amides is 1. The Hall–Kier alpha value is -2.34. The van der Waals surface area contributed by atoms with Crippen molar-refractivity contribution in [2.75, 3.05) is 13.1 Å². The zero-order valence-electron chi connectivity index (χ0n) is 16.5. The second kappa shape index (κ2) is 7.95. The molecule has 5 nitrogen and oxygen atoms in total. The lowest BCUT2D eigenvalue weighted by atomic mass is 9.86. The van der Waals surface area contributed by atoms with Gasteiger partial charge in [0.15, 0.2) is 0 Å². The van der Waals surface area contributed by atoms with Crippen molar-refractivity contribution in [2.45, 2.75) is 57.7 Å². The van der Waals surface area contributed by atoms with E-state index in [1.165, 1.54) is 12.1 Å². The van der Waals surface area contributed by atoms with E-state index in [4.69, 9.17) is 0 Å². The molecule has 3 heterocycles. The van der Waals surface area contributed by atoms with E-state index in [-0.39, 0.29) is 23.7 Å². The number of rotatable bonds is 4. The van der Waals surface area contributed by atoms with Crippen LogP contribution in [0.4, 0.5) is 4.39 Å². The van der Waals surface area contributed by atoms with Crippen molar-refractivity contribution in [1.82, 2.24) is 19.8 Å². The highest BCUT2D eigenvalue weighted by atomic mass is 19.1. The quantitative estimate of drug-likeness (QED) is 0.815. The minimum absolute atomic E-state index is 0.124. The van der Waals surface area contributed by atoms with E-state index in [1.807, 2.05) is 36.4 Å². The van der Waals surface area contributed by atoms with Crippen molar-refractivity contribution in [3.8, 4) is 0 Å². The van der Waals surface area contributed by atoms with Gasteiger partial charge in [-0.1, -0.05) is 19.1 Å². The van der Waals surface area contributed by atoms with E-state index >= 15 is 0 Å². The number of aromatic nitrogens is 2. The molecular weight excluding hydrogens is 355 g/mol. The van der Waals surface area contributed by atoms with Gasteiger partial charge in [-0.3, -0.25) is 9.69 Å². The van der Waals surface area contributed by atoms with Gasteiger partial charge in [0.05, 0.1) is 6.04 Å². The zero-order valence-corrected chi connectivity index (χ0v) is 16.5. The summed E-state index contributed by atoms with van der Waals surface area (Å²) in [6, 6.07) is 7.21. The molecule has 0 N–H and O–H groups in total. The maximum Gasteiger partial charge on any atom is 0.219 e. The second-order valence-corrected chi connectivity index (χ2v) is 7.86. The molecule has 28 heavy (non-hydrogen) atoms. The third-order valence-corrected chi connectivity index (χ3v) is 6.13. The number of piperidine rings is 1. The Bertz CT molecular complexity index is 823. The zero-order chi connectivity index (χ0) is 19.7. The van der Waals surface area contributed by atoms with Crippen LogP contribution in [0.3, 0.4) is 0 Å². The molecule has 6 heteroatoms. The summed E-state index contributed by atoms with van der Waals surface area (Å²) in [7, 11) is 0. The lowest BCUT2D eigenvalue weighted by Crippen LogP contribution is -2.52. The predicted molar refractivity (Wildman–Crippen MR) is 105 cm³/mol. The van der Waals surface area contributed by atoms with E-state index in [2.05, 4.69) is 14.9 Å². The number of aryl methyl sites for hydroxylation is 1. The highest BCUT2D eigenvalue weighted by Crippen LogP contribution is 2.40. The Morgan fingerprint density at radius 2 is 1.93 bits per heavy atom. The molecule has 0 bridgehead atoms. The topological polar surface area (TPSA) is 49.3 Å². The fourth-order valence-corrected chi connectivity index (χ4v) is 4.82. The Morgan fingerprint density at radius 3 is 2.57 bits per heavy atom. The van der Waals surface area contributed by atoms with Gasteiger partial charge in [-0.15, -0.1) is 0 Å². The molecule has 3 atom stereocenters. The summed E-state index contributed by atoms with van der Waals surface area (Å²) < 4.78 is 13.4. The summed E-state index contributed by atoms with van der Waals surface area (Å²) in [5, 5.41) is 0. The van der Waals surface area contributed by atoms with Crippen LogP contribution in [0.15, 0.2) is 36.7 Å². The Kier molecular flexibility index (Phi) is 5.40. The Balaban J connectivity index is 1.62. The van der Waals surface area contributed by atoms with E-state index in [0.29, 0.717) is 6.04 Å². The third kappa shape index (κ3) is 3.65. The average molecular weight is 382 g/mol. The maximum atomic E-state index is 13.4. The molecule has 2 aromatic rings. The molecule has 1 aromatic carbocycles. The van der Waals surface area contributed by atoms with Crippen molar-refractivity contribution in [2.24, 2.45) is 0 Å². The average Bonchev–Trinajstić information content (AvgIpc) is 3.07. The molecule has 0 unspecified atom stereocenters. The van der Waals surface area contributed by atoms with E-state index in [9.17, 15) is 9.18 Å². The molecular formula is C22H27FN4O. The monoisotopic (exact) mass is 382 g/mol. The van der Waals surface area contributed by atoms with Crippen molar-refractivity contribution in [3.63, 3.8) is 0 Å². The fraction of sp³-hybridized carbons (Fsp3) is 0.500. The number of nitrogens with zero attached hydrogens (tertiary/aromatic N) is 4. The highest BCUT2D eigenvalue weighted by Gasteiger charge is 2.47. The number of benzene rings is 1. The molecule has 4 rings (SSSR count). The van der Waals surface area contributed by atoms with E-state index in [1.54, 1.807) is 6.92 Å². The summed E-state index contributed by atoms with van der Waals surface area (Å²) in [5.41, 5.74) is 2.19. The molecule has 2 fully saturated rings. The van der Waals surface area contributed by atoms with Gasteiger partial charge in [0.25, 0.3) is 0 Å². The fourth-order valence-electron chi connectivity index (χ4n) is 4.82. The number of likely N-dealkylation sites (tertiary alicyclic amines) is 2. The summed E-state index contributed by atoms with van der Waals surface area (Å²) in [6.45, 7) is 6.13. The standard InChI is InChI=1S/C22H27FN4O/c1-3-21-24-11-16(12-25-21)13-26-14-19(17-6-8-18(23)9-7-17)22-20(26)5-4-10-27(22)15(2)28/h6-9,11-12,19-20,22H,3-5,10,13-14H2,1-2H3/t19-,20-,22-/m1/s1. The van der Waals surface area contributed by atoms with Crippen molar-refractivity contribution in [1.29, 1.82) is 0 Å². The molecule has 1 aromatic heterocycles. The van der Waals surface area contributed by atoms with Crippen molar-refractivity contribution < 1.29 is 9.18 Å². The van der Waals surface area contributed by atoms with Gasteiger partial charge >= 0.3 is 0 Å². The van der Waals surface area contributed by atoms with Crippen LogP contribution in [0.2, 0.25) is 0 Å². The van der Waals surface area contributed by atoms with Gasteiger partial charge in [-0.05, 0) is 30.5 Å². The number of hydrogen-bond donors (Lipinski definition) is 0. The number of fused-ring (bicyclic) bond motifs is 1. The molecule has 2 aliphatic heterocycles. The molecule has 148 valence electrons. The number of carbonyl (C=O) groups excluding carboxylic acids is 1. The minimum atomic E-state index is -0.226. The SMILES string of the molecule is CCc1ncc(CN2C[C@H](c3ccc(F)cc3)[C@@H]3[C@H]2CCCN3C(C)=O)cn1. The lowest BCUT2D eigenvalue weighted by Gasteiger charge is -2.41. The summed E-state index contributed by atoms with van der Waals surface area (Å²) in [5.74, 6) is 0.938. The number of hydrogen-bond acceptors (Lipinski definition) is 4. The van der Waals surface area contributed by atoms with Gasteiger partial charge in [0.1, 0.15) is 11.6 Å². The third-order valence-electron chi connectivity index (χ3n) is 6.13. The summed E-state index contributed by atoms with van der Waals surface area (Å²) in [4.78, 5) is 25.7. The molecule has 0 aliphatic carbocycles. The van der Waals surface area contributed by atoms with Crippen LogP contribution >= 0.6 is 0 Å². The summed E-state index contributed by atoms with van der Waals surface area (Å²) >= 11 is 0. The van der Waals surface area contributed by atoms with Gasteiger partial charge < -0.3 is 4.90 Å². The minimum Gasteiger partial charge on any atom is -0.338 e. The normalized spacial score (nSPS) is 25.0. The van der Waals surface area contributed by atoms with Crippen molar-refractivity contribution in [3.05, 3.63) is 59.4 Å². The molecule has 0 saturated carbocycles. The highest BCUT2D eigenvalue weighted by molar-refractivity contribution is 5.74. The Morgan fingerprint density at radius 1 is 1.21 bits per heavy atom. The first-order chi connectivity index (χ1) is 13.6. The van der Waals surface area contributed by atoms with E-state index in [0.717, 1.165) is 55.8 Å². The molecule has 0 spiro atoms. The second-order valence-electron chi connectivity index (χ2n) is 7.86. The molecule has 2 aliphatic rings. The van der Waals surface area contributed by atoms with Gasteiger partial charge in [0, 0.05) is 62.9 Å². The smallest absolute Gasteiger partial charge is 0.219 e. The Labute approximate surface area is 165 Å². The van der Waals surface area contributed by atoms with Gasteiger partial charge in [-0.2, -0.15) is 0 Å². The van der Waals surface area contributed by atoms with Gasteiger partial charge in [0.2, 0.25) is 5.91 Å². The van der Waals surface area contributed by atoms with Crippen LogP contribution in [0, 0.1) is 5.82 Å². The molecule has 2 saturated heterocycles. The van der Waals surface area contributed by atoms with Crippen LogP contribution in [0.25, 0.3) is 0 Å². The van der Waals surface area contributed by atoms with Gasteiger partial charge in [-0.25, -0.2) is 14.4 Å². The first-order valence-corrected chi connectivity index (χ1v) is 10.1. The van der Waals surface area contributed by atoms with Crippen LogP contribution in [-0.4, -0.2) is 50.8 Å². The van der Waals surface area contributed by atoms with Crippen LogP contribution in [-0.2, 0) is 17.8 Å². The first-order valence-electron chi connectivity index (χ1n) is 10.1. The van der Waals surface area contributed by atoms with Crippen LogP contribution < -0.4 is 0 Å². The lowest BCUT2D eigenvalue weighted by molar-refractivity contribution is -0.133. The van der Waals surface area contributed by atoms with Crippen LogP contribution in [0.1, 0.15) is 49.6 Å². The van der Waals surface area contributed by atoms with Crippen molar-refractivity contribution >= 4 is 5.91 Å². The summed E-state index contributed by atoms with van der Waals surface area (Å²) in [6.07, 6.45) is 6.74. The molecule has 0 radical (unpaired) electrons. The largest absolute Gasteiger partial charge is 0.338 e. The number of halogens is 1.